The molecule has 0 heterocycles. The standard InChI is InChI=1S/C24H27NO5/c26-22(27)15-21(25-23(28)19-10-12-20(13-11-19)24(29)30)14-16-6-8-18(9-7-16)17-4-2-1-3-5-17/h1-9,19-21H,10-15H2,(H,25,28)(H,26,27)(H,29,30)/t19-,20-,21-/m1/s1. The highest BCUT2D eigenvalue weighted by Crippen LogP contribution is 2.29. The first-order chi connectivity index (χ1) is 14.4. The molecule has 0 unspecified atom stereocenters. The molecule has 1 aliphatic carbocycles. The number of hydrogen-bond donors (Lipinski definition) is 3. The summed E-state index contributed by atoms with van der Waals surface area (Å²) in [6, 6.07) is 17.4. The first kappa shape index (κ1) is 21.6. The van der Waals surface area contributed by atoms with Crippen LogP contribution in [0.4, 0.5) is 0 Å². The minimum absolute atomic E-state index is 0.156. The lowest BCUT2D eigenvalue weighted by molar-refractivity contribution is -0.144. The Morgan fingerprint density at radius 1 is 0.833 bits per heavy atom. The van der Waals surface area contributed by atoms with Crippen LogP contribution < -0.4 is 5.32 Å². The van der Waals surface area contributed by atoms with Crippen molar-refractivity contribution < 1.29 is 24.6 Å². The minimum atomic E-state index is -0.962. The van der Waals surface area contributed by atoms with E-state index in [9.17, 15) is 19.5 Å². The molecule has 6 nitrogen and oxygen atoms in total. The average molecular weight is 409 g/mol. The van der Waals surface area contributed by atoms with E-state index in [0.717, 1.165) is 16.7 Å². The maximum Gasteiger partial charge on any atom is 0.306 e. The highest BCUT2D eigenvalue weighted by molar-refractivity contribution is 5.80. The van der Waals surface area contributed by atoms with Crippen LogP contribution in [-0.4, -0.2) is 34.1 Å². The Morgan fingerprint density at radius 3 is 1.97 bits per heavy atom. The van der Waals surface area contributed by atoms with Gasteiger partial charge >= 0.3 is 11.9 Å². The molecule has 3 N–H and O–H groups in total. The SMILES string of the molecule is O=C(O)C[C@@H](Cc1ccc(-c2ccccc2)cc1)NC(=O)[C@H]1CC[C@H](C(=O)O)CC1. The van der Waals surface area contributed by atoms with E-state index in [1.54, 1.807) is 0 Å². The van der Waals surface area contributed by atoms with Crippen LogP contribution in [0.2, 0.25) is 0 Å². The van der Waals surface area contributed by atoms with Gasteiger partial charge in [-0.3, -0.25) is 14.4 Å². The summed E-state index contributed by atoms with van der Waals surface area (Å²) in [5, 5.41) is 21.2. The Bertz CT molecular complexity index is 870. The van der Waals surface area contributed by atoms with Crippen molar-refractivity contribution in [3.05, 3.63) is 60.2 Å². The van der Waals surface area contributed by atoms with E-state index in [0.29, 0.717) is 32.1 Å². The minimum Gasteiger partial charge on any atom is -0.481 e. The van der Waals surface area contributed by atoms with Gasteiger partial charge in [-0.1, -0.05) is 54.6 Å². The Balaban J connectivity index is 1.61. The number of carbonyl (C=O) groups is 3. The fraction of sp³-hybridized carbons (Fsp3) is 0.375. The molecule has 1 fully saturated rings. The van der Waals surface area contributed by atoms with Crippen molar-refractivity contribution in [1.82, 2.24) is 5.32 Å². The van der Waals surface area contributed by atoms with E-state index >= 15 is 0 Å². The second-order valence-electron chi connectivity index (χ2n) is 7.96. The normalized spacial score (nSPS) is 19.6. The number of hydrogen-bond acceptors (Lipinski definition) is 3. The molecule has 1 amide bonds. The summed E-state index contributed by atoms with van der Waals surface area (Å²) in [6.45, 7) is 0. The summed E-state index contributed by atoms with van der Waals surface area (Å²) in [4.78, 5) is 35.0. The molecule has 0 aromatic heterocycles. The van der Waals surface area contributed by atoms with Crippen LogP contribution in [0.1, 0.15) is 37.7 Å². The second kappa shape index (κ2) is 10.1. The summed E-state index contributed by atoms with van der Waals surface area (Å²) in [7, 11) is 0. The van der Waals surface area contributed by atoms with Crippen LogP contribution in [0, 0.1) is 11.8 Å². The van der Waals surface area contributed by atoms with Gasteiger partial charge in [-0.05, 0) is 48.8 Å². The molecule has 0 bridgehead atoms. The van der Waals surface area contributed by atoms with Gasteiger partial charge in [0.25, 0.3) is 0 Å². The topological polar surface area (TPSA) is 104 Å². The zero-order chi connectivity index (χ0) is 21.5. The lowest BCUT2D eigenvalue weighted by Gasteiger charge is -2.27. The second-order valence-corrected chi connectivity index (χ2v) is 7.96. The lowest BCUT2D eigenvalue weighted by atomic mass is 9.81. The molecule has 0 saturated heterocycles. The highest BCUT2D eigenvalue weighted by Gasteiger charge is 2.30. The van der Waals surface area contributed by atoms with Crippen molar-refractivity contribution in [2.75, 3.05) is 0 Å². The van der Waals surface area contributed by atoms with Crippen LogP contribution in [0.15, 0.2) is 54.6 Å². The number of carboxylic acids is 2. The summed E-state index contributed by atoms with van der Waals surface area (Å²) >= 11 is 0. The number of nitrogens with one attached hydrogen (secondary N) is 1. The Morgan fingerprint density at radius 2 is 1.40 bits per heavy atom. The molecule has 3 rings (SSSR count). The predicted molar refractivity (Wildman–Crippen MR) is 113 cm³/mol. The molecule has 2 aromatic rings. The molecule has 1 atom stereocenters. The van der Waals surface area contributed by atoms with E-state index in [1.165, 1.54) is 0 Å². The molecule has 30 heavy (non-hydrogen) atoms. The van der Waals surface area contributed by atoms with Gasteiger partial charge in [-0.25, -0.2) is 0 Å². The third-order valence-corrected chi connectivity index (χ3v) is 5.76. The lowest BCUT2D eigenvalue weighted by Crippen LogP contribution is -2.42. The fourth-order valence-electron chi connectivity index (χ4n) is 4.06. The third-order valence-electron chi connectivity index (χ3n) is 5.76. The third kappa shape index (κ3) is 5.92. The van der Waals surface area contributed by atoms with Crippen molar-refractivity contribution in [2.24, 2.45) is 11.8 Å². The molecule has 0 radical (unpaired) electrons. The first-order valence-corrected chi connectivity index (χ1v) is 10.3. The smallest absolute Gasteiger partial charge is 0.306 e. The number of carbonyl (C=O) groups excluding carboxylic acids is 1. The van der Waals surface area contributed by atoms with E-state index in [4.69, 9.17) is 5.11 Å². The van der Waals surface area contributed by atoms with Gasteiger partial charge in [0.2, 0.25) is 5.91 Å². The van der Waals surface area contributed by atoms with Gasteiger partial charge in [-0.15, -0.1) is 0 Å². The summed E-state index contributed by atoms with van der Waals surface area (Å²) in [5.41, 5.74) is 3.14. The average Bonchev–Trinajstić information content (AvgIpc) is 2.74. The zero-order valence-electron chi connectivity index (χ0n) is 16.8. The Hall–Kier alpha value is -3.15. The van der Waals surface area contributed by atoms with Crippen molar-refractivity contribution in [2.45, 2.75) is 44.6 Å². The van der Waals surface area contributed by atoms with Gasteiger partial charge in [0, 0.05) is 12.0 Å². The molecule has 6 heteroatoms. The van der Waals surface area contributed by atoms with Crippen molar-refractivity contribution in [3.63, 3.8) is 0 Å². The fourth-order valence-corrected chi connectivity index (χ4v) is 4.06. The Kier molecular flexibility index (Phi) is 7.22. The van der Waals surface area contributed by atoms with Crippen molar-refractivity contribution in [1.29, 1.82) is 0 Å². The van der Waals surface area contributed by atoms with Crippen molar-refractivity contribution >= 4 is 17.8 Å². The van der Waals surface area contributed by atoms with Gasteiger partial charge in [0.1, 0.15) is 0 Å². The van der Waals surface area contributed by atoms with Crippen molar-refractivity contribution in [3.8, 4) is 11.1 Å². The van der Waals surface area contributed by atoms with Crippen LogP contribution >= 0.6 is 0 Å². The molecule has 0 aliphatic heterocycles. The molecule has 1 saturated carbocycles. The highest BCUT2D eigenvalue weighted by atomic mass is 16.4. The summed E-state index contributed by atoms with van der Waals surface area (Å²) in [6.07, 6.45) is 2.28. The number of benzene rings is 2. The molecule has 0 spiro atoms. The van der Waals surface area contributed by atoms with E-state index < -0.39 is 18.0 Å². The van der Waals surface area contributed by atoms with Crippen LogP contribution in [-0.2, 0) is 20.8 Å². The largest absolute Gasteiger partial charge is 0.481 e. The molecular weight excluding hydrogens is 382 g/mol. The van der Waals surface area contributed by atoms with Gasteiger partial charge < -0.3 is 15.5 Å². The molecule has 2 aromatic carbocycles. The van der Waals surface area contributed by atoms with E-state index in [1.807, 2.05) is 54.6 Å². The van der Waals surface area contributed by atoms with Gasteiger partial charge in [-0.2, -0.15) is 0 Å². The molecular formula is C24H27NO5. The van der Waals surface area contributed by atoms with Crippen LogP contribution in [0.25, 0.3) is 11.1 Å². The Labute approximate surface area is 175 Å². The maximum atomic E-state index is 12.6. The van der Waals surface area contributed by atoms with Gasteiger partial charge in [0.05, 0.1) is 12.3 Å². The summed E-state index contributed by atoms with van der Waals surface area (Å²) in [5.74, 6) is -2.58. The monoisotopic (exact) mass is 409 g/mol. The number of carboxylic acid groups (broad SMARTS) is 2. The predicted octanol–water partition coefficient (Wildman–Crippen LogP) is 3.75. The quantitative estimate of drug-likeness (QED) is 0.616. The zero-order valence-corrected chi connectivity index (χ0v) is 16.8. The number of amides is 1. The van der Waals surface area contributed by atoms with Crippen LogP contribution in [0.5, 0.6) is 0 Å². The number of rotatable bonds is 8. The number of aliphatic carboxylic acids is 2. The van der Waals surface area contributed by atoms with Crippen LogP contribution in [0.3, 0.4) is 0 Å². The van der Waals surface area contributed by atoms with E-state index in [2.05, 4.69) is 5.32 Å². The first-order valence-electron chi connectivity index (χ1n) is 10.3. The molecule has 158 valence electrons. The maximum absolute atomic E-state index is 12.6. The van der Waals surface area contributed by atoms with Gasteiger partial charge in [0.15, 0.2) is 0 Å². The van der Waals surface area contributed by atoms with E-state index in [-0.39, 0.29) is 24.2 Å². The molecule has 1 aliphatic rings. The summed E-state index contributed by atoms with van der Waals surface area (Å²) < 4.78 is 0.